The molecule has 1 N–H and O–H groups in total. The summed E-state index contributed by atoms with van der Waals surface area (Å²) >= 11 is 0. The first-order chi connectivity index (χ1) is 18.7. The molecular formula is C35H70O3. The van der Waals surface area contributed by atoms with Crippen molar-refractivity contribution < 1.29 is 14.7 Å². The van der Waals surface area contributed by atoms with Crippen LogP contribution >= 0.6 is 0 Å². The van der Waals surface area contributed by atoms with Crippen molar-refractivity contribution >= 4 is 12.3 Å². The van der Waals surface area contributed by atoms with Gasteiger partial charge in [-0.15, -0.1) is 0 Å². The lowest BCUT2D eigenvalue weighted by Crippen LogP contribution is -1.93. The number of carboxylic acid groups (broad SMARTS) is 1. The molecule has 0 radical (unpaired) electrons. The van der Waals surface area contributed by atoms with E-state index in [0.29, 0.717) is 6.42 Å². The fraction of sp³-hybridized carbons (Fsp3) is 0.943. The molecule has 0 aromatic rings. The first kappa shape index (κ1) is 39.3. The molecule has 0 aromatic carbocycles. The molecule has 0 heterocycles. The van der Waals surface area contributed by atoms with Gasteiger partial charge in [0, 0.05) is 12.8 Å². The van der Waals surface area contributed by atoms with E-state index in [4.69, 9.17) is 5.11 Å². The quantitative estimate of drug-likeness (QED) is 0.0705. The standard InChI is InChI=1S/C18H36O2.C17H34O/c1-2-3-4-5-6-7-8-9-10-11-12-13-14-15-16-17-18(19)20;1-2-3-4-5-6-7-8-9-10-11-12-13-14-15-16-17-18/h2-17H2,1H3,(H,19,20);17H,2-16H2,1H3. The molecule has 0 saturated heterocycles. The third-order valence-corrected chi connectivity index (χ3v) is 7.67. The summed E-state index contributed by atoms with van der Waals surface area (Å²) in [5, 5.41) is 8.52. The highest BCUT2D eigenvalue weighted by Gasteiger charge is 1.97. The van der Waals surface area contributed by atoms with E-state index >= 15 is 0 Å². The number of unbranched alkanes of at least 4 members (excludes halogenated alkanes) is 28. The summed E-state index contributed by atoms with van der Waals surface area (Å²) < 4.78 is 0. The summed E-state index contributed by atoms with van der Waals surface area (Å²) in [7, 11) is 0. The molecule has 3 heteroatoms. The maximum Gasteiger partial charge on any atom is 0.303 e. The first-order valence-electron chi connectivity index (χ1n) is 17.3. The second-order valence-corrected chi connectivity index (χ2v) is 11.6. The van der Waals surface area contributed by atoms with E-state index in [-0.39, 0.29) is 0 Å². The highest BCUT2D eigenvalue weighted by Crippen LogP contribution is 2.14. The Hall–Kier alpha value is -0.860. The third-order valence-electron chi connectivity index (χ3n) is 7.67. The predicted octanol–water partition coefficient (Wildman–Crippen LogP) is 12.4. The summed E-state index contributed by atoms with van der Waals surface area (Å²) in [4.78, 5) is 20.5. The zero-order chi connectivity index (χ0) is 28.2. The third kappa shape index (κ3) is 42.2. The van der Waals surface area contributed by atoms with E-state index in [9.17, 15) is 9.59 Å². The van der Waals surface area contributed by atoms with Gasteiger partial charge in [-0.25, -0.2) is 0 Å². The summed E-state index contributed by atoms with van der Waals surface area (Å²) in [6.45, 7) is 4.55. The van der Waals surface area contributed by atoms with E-state index in [0.717, 1.165) is 32.0 Å². The average molecular weight is 539 g/mol. The highest BCUT2D eigenvalue weighted by molar-refractivity contribution is 5.66. The zero-order valence-electron chi connectivity index (χ0n) is 26.3. The molecule has 0 unspecified atom stereocenters. The van der Waals surface area contributed by atoms with Crippen LogP contribution in [-0.4, -0.2) is 17.4 Å². The molecule has 0 spiro atoms. The van der Waals surface area contributed by atoms with Crippen LogP contribution in [0.4, 0.5) is 0 Å². The molecule has 0 aromatic heterocycles. The van der Waals surface area contributed by atoms with E-state index in [1.807, 2.05) is 0 Å². The van der Waals surface area contributed by atoms with Gasteiger partial charge in [-0.3, -0.25) is 4.79 Å². The Bertz CT molecular complexity index is 435. The number of hydrogen-bond donors (Lipinski definition) is 1. The molecule has 38 heavy (non-hydrogen) atoms. The molecule has 0 bridgehead atoms. The number of hydrogen-bond acceptors (Lipinski definition) is 2. The fourth-order valence-corrected chi connectivity index (χ4v) is 5.07. The molecule has 0 aliphatic carbocycles. The van der Waals surface area contributed by atoms with E-state index in [2.05, 4.69) is 13.8 Å². The highest BCUT2D eigenvalue weighted by atomic mass is 16.4. The van der Waals surface area contributed by atoms with Gasteiger partial charge >= 0.3 is 5.97 Å². The number of carboxylic acids is 1. The van der Waals surface area contributed by atoms with Crippen LogP contribution in [-0.2, 0) is 9.59 Å². The molecule has 0 saturated carbocycles. The van der Waals surface area contributed by atoms with Gasteiger partial charge in [0.2, 0.25) is 0 Å². The Morgan fingerprint density at radius 1 is 0.421 bits per heavy atom. The molecule has 0 fully saturated rings. The Morgan fingerprint density at radius 2 is 0.658 bits per heavy atom. The largest absolute Gasteiger partial charge is 0.481 e. The van der Waals surface area contributed by atoms with Gasteiger partial charge in [0.05, 0.1) is 0 Å². The Balaban J connectivity index is 0. The van der Waals surface area contributed by atoms with Gasteiger partial charge in [-0.1, -0.05) is 187 Å². The minimum Gasteiger partial charge on any atom is -0.481 e. The lowest BCUT2D eigenvalue weighted by molar-refractivity contribution is -0.137. The van der Waals surface area contributed by atoms with Crippen molar-refractivity contribution in [2.75, 3.05) is 0 Å². The Labute approximate surface area is 239 Å². The molecule has 0 aliphatic heterocycles. The van der Waals surface area contributed by atoms with Crippen LogP contribution in [0.2, 0.25) is 0 Å². The Morgan fingerprint density at radius 3 is 0.895 bits per heavy atom. The van der Waals surface area contributed by atoms with Gasteiger partial charge in [0.25, 0.3) is 0 Å². The molecular weight excluding hydrogens is 468 g/mol. The number of rotatable bonds is 31. The monoisotopic (exact) mass is 539 g/mol. The lowest BCUT2D eigenvalue weighted by Gasteiger charge is -2.03. The van der Waals surface area contributed by atoms with Crippen LogP contribution in [0.3, 0.4) is 0 Å². The predicted molar refractivity (Wildman–Crippen MR) is 168 cm³/mol. The average Bonchev–Trinajstić information content (AvgIpc) is 2.91. The van der Waals surface area contributed by atoms with Crippen LogP contribution in [0.15, 0.2) is 0 Å². The van der Waals surface area contributed by atoms with Crippen LogP contribution in [0, 0.1) is 0 Å². The SMILES string of the molecule is CCCCCCCCCCCCCCCCC=O.CCCCCCCCCCCCCCCCCC(=O)O. The van der Waals surface area contributed by atoms with Crippen LogP contribution in [0.1, 0.15) is 213 Å². The first-order valence-corrected chi connectivity index (χ1v) is 17.3. The number of aldehydes is 1. The number of aliphatic carboxylic acids is 1. The van der Waals surface area contributed by atoms with Gasteiger partial charge in [-0.05, 0) is 12.8 Å². The topological polar surface area (TPSA) is 54.4 Å². The number of carbonyl (C=O) groups excluding carboxylic acids is 1. The van der Waals surface area contributed by atoms with Crippen molar-refractivity contribution in [3.8, 4) is 0 Å². The molecule has 0 rings (SSSR count). The number of carbonyl (C=O) groups is 2. The van der Waals surface area contributed by atoms with Crippen LogP contribution < -0.4 is 0 Å². The van der Waals surface area contributed by atoms with Crippen molar-refractivity contribution in [2.45, 2.75) is 213 Å². The molecule has 228 valence electrons. The van der Waals surface area contributed by atoms with E-state index < -0.39 is 5.97 Å². The van der Waals surface area contributed by atoms with Gasteiger partial charge in [0.15, 0.2) is 0 Å². The molecule has 0 atom stereocenters. The maximum absolute atomic E-state index is 10.3. The summed E-state index contributed by atoms with van der Waals surface area (Å²) in [6.07, 6.45) is 41.3. The van der Waals surface area contributed by atoms with E-state index in [1.54, 1.807) is 0 Å². The van der Waals surface area contributed by atoms with Gasteiger partial charge in [0.1, 0.15) is 6.29 Å². The summed E-state index contributed by atoms with van der Waals surface area (Å²) in [5.74, 6) is -0.653. The van der Waals surface area contributed by atoms with Crippen molar-refractivity contribution in [3.05, 3.63) is 0 Å². The van der Waals surface area contributed by atoms with Gasteiger partial charge in [-0.2, -0.15) is 0 Å². The summed E-state index contributed by atoms with van der Waals surface area (Å²) in [5.41, 5.74) is 0. The van der Waals surface area contributed by atoms with Gasteiger partial charge < -0.3 is 9.90 Å². The van der Waals surface area contributed by atoms with Crippen LogP contribution in [0.5, 0.6) is 0 Å². The van der Waals surface area contributed by atoms with Crippen molar-refractivity contribution in [1.82, 2.24) is 0 Å². The van der Waals surface area contributed by atoms with Crippen molar-refractivity contribution in [3.63, 3.8) is 0 Å². The minimum atomic E-state index is -0.653. The van der Waals surface area contributed by atoms with Crippen molar-refractivity contribution in [2.24, 2.45) is 0 Å². The summed E-state index contributed by atoms with van der Waals surface area (Å²) in [6, 6.07) is 0. The fourth-order valence-electron chi connectivity index (χ4n) is 5.07. The smallest absolute Gasteiger partial charge is 0.303 e. The van der Waals surface area contributed by atoms with Crippen molar-refractivity contribution in [1.29, 1.82) is 0 Å². The molecule has 0 amide bonds. The zero-order valence-corrected chi connectivity index (χ0v) is 26.3. The van der Waals surface area contributed by atoms with E-state index in [1.165, 1.54) is 167 Å². The Kier molecular flexibility index (Phi) is 39.6. The van der Waals surface area contributed by atoms with Crippen LogP contribution in [0.25, 0.3) is 0 Å². The normalized spacial score (nSPS) is 10.8. The minimum absolute atomic E-state index is 0.345. The lowest BCUT2D eigenvalue weighted by atomic mass is 10.0. The second kappa shape index (κ2) is 38.3. The molecule has 0 aliphatic rings. The molecule has 3 nitrogen and oxygen atoms in total. The maximum atomic E-state index is 10.3. The second-order valence-electron chi connectivity index (χ2n) is 11.6.